The smallest absolute Gasteiger partial charge is 0.287 e. The molecule has 3 aromatic heterocycles. The minimum absolute atomic E-state index is 0.258. The number of imidazole rings is 1. The molecular formula is C14H12BrN5O2. The minimum atomic E-state index is -0.258. The lowest BCUT2D eigenvalue weighted by molar-refractivity contribution is 0.0923. The number of nitrogens with zero attached hydrogens (tertiary/aromatic N) is 4. The van der Waals surface area contributed by atoms with Gasteiger partial charge in [-0.3, -0.25) is 9.78 Å². The number of hydrogen-bond acceptors (Lipinski definition) is 5. The first-order valence-electron chi connectivity index (χ1n) is 6.55. The molecule has 3 aromatic rings. The number of amides is 1. The molecule has 7 nitrogen and oxygen atoms in total. The molecular weight excluding hydrogens is 350 g/mol. The Balaban J connectivity index is 1.61. The first kappa shape index (κ1) is 14.5. The third-order valence-corrected chi connectivity index (χ3v) is 3.37. The van der Waals surface area contributed by atoms with Crippen LogP contribution in [0.15, 0.2) is 52.2 Å². The third-order valence-electron chi connectivity index (χ3n) is 2.94. The molecule has 0 atom stereocenters. The average Bonchev–Trinajstić information content (AvgIpc) is 3.17. The topological polar surface area (TPSA) is 85.8 Å². The summed E-state index contributed by atoms with van der Waals surface area (Å²) < 4.78 is 7.62. The molecule has 8 heteroatoms. The van der Waals surface area contributed by atoms with E-state index < -0.39 is 0 Å². The van der Waals surface area contributed by atoms with E-state index in [9.17, 15) is 4.79 Å². The van der Waals surface area contributed by atoms with Gasteiger partial charge in [-0.05, 0) is 28.1 Å². The Morgan fingerprint density at radius 3 is 2.91 bits per heavy atom. The summed E-state index contributed by atoms with van der Waals surface area (Å²) in [4.78, 5) is 24.4. The maximum absolute atomic E-state index is 11.9. The lowest BCUT2D eigenvalue weighted by atomic mass is 10.4. The Hall–Kier alpha value is -2.48. The van der Waals surface area contributed by atoms with Gasteiger partial charge in [0.05, 0.1) is 6.20 Å². The minimum Gasteiger partial charge on any atom is -0.444 e. The molecule has 0 saturated carbocycles. The van der Waals surface area contributed by atoms with Crippen molar-refractivity contribution in [2.75, 3.05) is 6.54 Å². The van der Waals surface area contributed by atoms with E-state index in [1.54, 1.807) is 36.9 Å². The van der Waals surface area contributed by atoms with Crippen molar-refractivity contribution in [2.24, 2.45) is 0 Å². The Morgan fingerprint density at radius 1 is 1.27 bits per heavy atom. The van der Waals surface area contributed by atoms with E-state index in [4.69, 9.17) is 4.42 Å². The highest BCUT2D eigenvalue weighted by Gasteiger charge is 2.11. The van der Waals surface area contributed by atoms with E-state index in [-0.39, 0.29) is 11.7 Å². The summed E-state index contributed by atoms with van der Waals surface area (Å²) in [5, 5.41) is 2.79. The molecule has 0 aliphatic heterocycles. The van der Waals surface area contributed by atoms with Crippen LogP contribution in [0.1, 0.15) is 10.6 Å². The van der Waals surface area contributed by atoms with Crippen LogP contribution >= 0.6 is 15.9 Å². The second kappa shape index (κ2) is 6.52. The highest BCUT2D eigenvalue weighted by molar-refractivity contribution is 9.10. The summed E-state index contributed by atoms with van der Waals surface area (Å²) in [7, 11) is 0. The van der Waals surface area contributed by atoms with Crippen LogP contribution in [0.25, 0.3) is 11.5 Å². The van der Waals surface area contributed by atoms with E-state index in [0.29, 0.717) is 29.3 Å². The Bertz CT molecular complexity index is 768. The Labute approximate surface area is 134 Å². The first-order chi connectivity index (χ1) is 10.7. The molecule has 112 valence electrons. The van der Waals surface area contributed by atoms with Gasteiger partial charge in [0.2, 0.25) is 0 Å². The molecule has 0 spiro atoms. The second-order valence-corrected chi connectivity index (χ2v) is 5.18. The van der Waals surface area contributed by atoms with Crippen molar-refractivity contribution in [1.82, 2.24) is 24.8 Å². The summed E-state index contributed by atoms with van der Waals surface area (Å²) in [6.07, 6.45) is 8.40. The summed E-state index contributed by atoms with van der Waals surface area (Å²) in [6.45, 7) is 1.01. The zero-order valence-corrected chi connectivity index (χ0v) is 13.0. The van der Waals surface area contributed by atoms with Crippen molar-refractivity contribution in [3.63, 3.8) is 0 Å². The number of carbonyl (C=O) groups excluding carboxylic acids is 1. The van der Waals surface area contributed by atoms with Crippen molar-refractivity contribution in [3.8, 4) is 11.5 Å². The number of rotatable bonds is 5. The van der Waals surface area contributed by atoms with E-state index in [1.165, 1.54) is 0 Å². The van der Waals surface area contributed by atoms with Gasteiger partial charge in [0.1, 0.15) is 5.69 Å². The van der Waals surface area contributed by atoms with Crippen LogP contribution in [0.3, 0.4) is 0 Å². The highest BCUT2D eigenvalue weighted by Crippen LogP contribution is 2.14. The lowest BCUT2D eigenvalue weighted by Crippen LogP contribution is -2.26. The predicted octanol–water partition coefficient (Wildman–Crippen LogP) is 2.13. The number of furan rings is 1. The molecule has 0 aliphatic rings. The van der Waals surface area contributed by atoms with Crippen LogP contribution in [0, 0.1) is 0 Å². The van der Waals surface area contributed by atoms with Crippen molar-refractivity contribution < 1.29 is 9.21 Å². The molecule has 1 N–H and O–H groups in total. The molecule has 0 bridgehead atoms. The second-order valence-electron chi connectivity index (χ2n) is 4.39. The predicted molar refractivity (Wildman–Crippen MR) is 82.0 cm³/mol. The molecule has 0 unspecified atom stereocenters. The summed E-state index contributed by atoms with van der Waals surface area (Å²) >= 11 is 3.16. The van der Waals surface area contributed by atoms with Crippen molar-refractivity contribution >= 4 is 21.8 Å². The zero-order chi connectivity index (χ0) is 15.4. The lowest BCUT2D eigenvalue weighted by Gasteiger charge is -2.07. The van der Waals surface area contributed by atoms with Gasteiger partial charge in [0.25, 0.3) is 5.91 Å². The van der Waals surface area contributed by atoms with Gasteiger partial charge in [-0.1, -0.05) is 0 Å². The maximum Gasteiger partial charge on any atom is 0.287 e. The standard InChI is InChI=1S/C14H12BrN5O2/c15-12-2-1-11(22-12)14(21)19-6-8-20-7-5-18-13(20)10-9-16-3-4-17-10/h1-5,7,9H,6,8H2,(H,19,21). The molecule has 0 saturated heterocycles. The van der Waals surface area contributed by atoms with Gasteiger partial charge >= 0.3 is 0 Å². The molecule has 0 radical (unpaired) electrons. The molecule has 1 amide bonds. The number of halogens is 1. The van der Waals surface area contributed by atoms with Crippen molar-refractivity contribution in [2.45, 2.75) is 6.54 Å². The normalized spacial score (nSPS) is 10.6. The highest BCUT2D eigenvalue weighted by atomic mass is 79.9. The maximum atomic E-state index is 11.9. The molecule has 0 aromatic carbocycles. The van der Waals surface area contributed by atoms with E-state index in [1.807, 2.05) is 10.8 Å². The van der Waals surface area contributed by atoms with E-state index in [2.05, 4.69) is 36.2 Å². The van der Waals surface area contributed by atoms with Gasteiger partial charge in [-0.25, -0.2) is 9.97 Å². The van der Waals surface area contributed by atoms with E-state index in [0.717, 1.165) is 0 Å². The SMILES string of the molecule is O=C(NCCn1ccnc1-c1cnccn1)c1ccc(Br)o1. The fourth-order valence-corrected chi connectivity index (χ4v) is 2.26. The van der Waals surface area contributed by atoms with E-state index >= 15 is 0 Å². The molecule has 0 aliphatic carbocycles. The first-order valence-corrected chi connectivity index (χ1v) is 7.34. The fourth-order valence-electron chi connectivity index (χ4n) is 1.95. The van der Waals surface area contributed by atoms with Crippen molar-refractivity contribution in [3.05, 3.63) is 53.5 Å². The van der Waals surface area contributed by atoms with Crippen LogP contribution in [-0.4, -0.2) is 32.0 Å². The Kier molecular flexibility index (Phi) is 4.29. The van der Waals surface area contributed by atoms with Gasteiger partial charge in [0, 0.05) is 37.9 Å². The molecule has 3 rings (SSSR count). The zero-order valence-electron chi connectivity index (χ0n) is 11.4. The number of carbonyl (C=O) groups is 1. The van der Waals surface area contributed by atoms with Crippen molar-refractivity contribution in [1.29, 1.82) is 0 Å². The van der Waals surface area contributed by atoms with Gasteiger partial charge in [0.15, 0.2) is 16.3 Å². The summed E-state index contributed by atoms with van der Waals surface area (Å²) in [5.74, 6) is 0.724. The monoisotopic (exact) mass is 361 g/mol. The molecule has 0 fully saturated rings. The van der Waals surface area contributed by atoms with Crippen LogP contribution in [-0.2, 0) is 6.54 Å². The van der Waals surface area contributed by atoms with Crippen LogP contribution in [0.2, 0.25) is 0 Å². The Morgan fingerprint density at radius 2 is 2.18 bits per heavy atom. The molecule has 22 heavy (non-hydrogen) atoms. The number of aromatic nitrogens is 4. The number of nitrogens with one attached hydrogen (secondary N) is 1. The largest absolute Gasteiger partial charge is 0.444 e. The summed E-state index contributed by atoms with van der Waals surface area (Å²) in [6, 6.07) is 3.29. The molecule has 3 heterocycles. The van der Waals surface area contributed by atoms with Gasteiger partial charge in [-0.2, -0.15) is 0 Å². The van der Waals surface area contributed by atoms with Gasteiger partial charge in [-0.15, -0.1) is 0 Å². The number of hydrogen-bond donors (Lipinski definition) is 1. The fraction of sp³-hybridized carbons (Fsp3) is 0.143. The van der Waals surface area contributed by atoms with Crippen LogP contribution in [0.5, 0.6) is 0 Å². The van der Waals surface area contributed by atoms with Crippen LogP contribution in [0.4, 0.5) is 0 Å². The summed E-state index contributed by atoms with van der Waals surface area (Å²) in [5.41, 5.74) is 0.689. The average molecular weight is 362 g/mol. The quantitative estimate of drug-likeness (QED) is 0.752. The van der Waals surface area contributed by atoms with Crippen LogP contribution < -0.4 is 5.32 Å². The third kappa shape index (κ3) is 3.22. The van der Waals surface area contributed by atoms with Gasteiger partial charge < -0.3 is 14.3 Å².